The van der Waals surface area contributed by atoms with E-state index in [0.29, 0.717) is 12.2 Å². The van der Waals surface area contributed by atoms with Gasteiger partial charge in [-0.2, -0.15) is 0 Å². The summed E-state index contributed by atoms with van der Waals surface area (Å²) in [6.45, 7) is 4.52. The maximum absolute atomic E-state index is 11.0. The lowest BCUT2D eigenvalue weighted by Gasteiger charge is -2.12. The van der Waals surface area contributed by atoms with Crippen molar-refractivity contribution >= 4 is 11.4 Å². The number of rotatable bonds is 4. The molecule has 0 bridgehead atoms. The molecule has 2 aromatic rings. The van der Waals surface area contributed by atoms with Crippen LogP contribution in [0, 0.1) is 24.0 Å². The van der Waals surface area contributed by atoms with Crippen molar-refractivity contribution in [1.82, 2.24) is 0 Å². The van der Waals surface area contributed by atoms with Crippen molar-refractivity contribution in [3.63, 3.8) is 0 Å². The highest BCUT2D eigenvalue weighted by atomic mass is 16.6. The number of nitro benzene ring substituents is 1. The molecule has 20 heavy (non-hydrogen) atoms. The first-order valence-electron chi connectivity index (χ1n) is 6.25. The first-order chi connectivity index (χ1) is 9.49. The quantitative estimate of drug-likeness (QED) is 0.507. The summed E-state index contributed by atoms with van der Waals surface area (Å²) in [6, 6.07) is 10.1. The Kier molecular flexibility index (Phi) is 3.89. The summed E-state index contributed by atoms with van der Waals surface area (Å²) < 4.78 is 0. The van der Waals surface area contributed by atoms with Crippen molar-refractivity contribution in [2.24, 2.45) is 0 Å². The molecule has 5 nitrogen and oxygen atoms in total. The lowest BCUT2D eigenvalue weighted by Crippen LogP contribution is -2.05. The van der Waals surface area contributed by atoms with E-state index >= 15 is 0 Å². The maximum atomic E-state index is 11.0. The van der Waals surface area contributed by atoms with Gasteiger partial charge in [0.15, 0.2) is 0 Å². The van der Waals surface area contributed by atoms with Crippen LogP contribution in [0.5, 0.6) is 5.75 Å². The molecule has 0 aliphatic carbocycles. The molecular formula is C15H16N2O3. The summed E-state index contributed by atoms with van der Waals surface area (Å²) in [5, 5.41) is 23.4. The van der Waals surface area contributed by atoms with E-state index in [1.807, 2.05) is 32.0 Å². The molecular weight excluding hydrogens is 256 g/mol. The van der Waals surface area contributed by atoms with Gasteiger partial charge in [0.2, 0.25) is 0 Å². The van der Waals surface area contributed by atoms with E-state index in [2.05, 4.69) is 5.32 Å². The van der Waals surface area contributed by atoms with Crippen LogP contribution in [0.1, 0.15) is 16.7 Å². The molecule has 0 unspecified atom stereocenters. The third-order valence-corrected chi connectivity index (χ3v) is 3.28. The van der Waals surface area contributed by atoms with E-state index in [9.17, 15) is 15.2 Å². The number of phenolic OH excluding ortho intramolecular Hbond substituents is 1. The average Bonchev–Trinajstić information content (AvgIpc) is 2.39. The van der Waals surface area contributed by atoms with Crippen molar-refractivity contribution in [2.75, 3.05) is 5.32 Å². The average molecular weight is 272 g/mol. The van der Waals surface area contributed by atoms with Crippen LogP contribution >= 0.6 is 0 Å². The van der Waals surface area contributed by atoms with Gasteiger partial charge in [0, 0.05) is 6.54 Å². The predicted octanol–water partition coefficient (Wildman–Crippen LogP) is 3.53. The SMILES string of the molecule is Cc1cccc(C)c1CNc1ccc(O)cc1[N+](=O)[O-]. The number of nitro groups is 1. The van der Waals surface area contributed by atoms with Gasteiger partial charge < -0.3 is 10.4 Å². The van der Waals surface area contributed by atoms with E-state index in [0.717, 1.165) is 22.8 Å². The summed E-state index contributed by atoms with van der Waals surface area (Å²) in [7, 11) is 0. The summed E-state index contributed by atoms with van der Waals surface area (Å²) in [4.78, 5) is 10.5. The number of nitrogens with one attached hydrogen (secondary N) is 1. The van der Waals surface area contributed by atoms with Crippen molar-refractivity contribution in [3.05, 3.63) is 63.2 Å². The Morgan fingerprint density at radius 1 is 1.20 bits per heavy atom. The molecule has 0 atom stereocenters. The number of phenols is 1. The summed E-state index contributed by atoms with van der Waals surface area (Å²) in [6.07, 6.45) is 0. The number of aryl methyl sites for hydroxylation is 2. The van der Waals surface area contributed by atoms with Gasteiger partial charge >= 0.3 is 0 Å². The van der Waals surface area contributed by atoms with Crippen LogP contribution in [-0.4, -0.2) is 10.0 Å². The standard InChI is InChI=1S/C15H16N2O3/c1-10-4-3-5-11(2)13(10)9-16-14-7-6-12(18)8-15(14)17(19)20/h3-8,16,18H,9H2,1-2H3. The van der Waals surface area contributed by atoms with Crippen LogP contribution in [0.3, 0.4) is 0 Å². The lowest BCUT2D eigenvalue weighted by atomic mass is 10.0. The van der Waals surface area contributed by atoms with E-state index < -0.39 is 4.92 Å². The summed E-state index contributed by atoms with van der Waals surface area (Å²) in [5.74, 6) is -0.116. The van der Waals surface area contributed by atoms with Crippen molar-refractivity contribution < 1.29 is 10.0 Å². The van der Waals surface area contributed by atoms with E-state index in [1.54, 1.807) is 0 Å². The molecule has 0 spiro atoms. The Morgan fingerprint density at radius 2 is 1.85 bits per heavy atom. The molecule has 0 fully saturated rings. The topological polar surface area (TPSA) is 75.4 Å². The van der Waals surface area contributed by atoms with Crippen LogP contribution in [-0.2, 0) is 6.54 Å². The third-order valence-electron chi connectivity index (χ3n) is 3.28. The molecule has 0 aromatic heterocycles. The smallest absolute Gasteiger partial charge is 0.296 e. The van der Waals surface area contributed by atoms with Crippen LogP contribution in [0.25, 0.3) is 0 Å². The highest BCUT2D eigenvalue weighted by molar-refractivity contribution is 5.64. The van der Waals surface area contributed by atoms with Crippen molar-refractivity contribution in [1.29, 1.82) is 0 Å². The van der Waals surface area contributed by atoms with Gasteiger partial charge in [0.1, 0.15) is 11.4 Å². The zero-order valence-electron chi connectivity index (χ0n) is 11.4. The number of nitrogens with zero attached hydrogens (tertiary/aromatic N) is 1. The van der Waals surface area contributed by atoms with Gasteiger partial charge in [-0.25, -0.2) is 0 Å². The highest BCUT2D eigenvalue weighted by Crippen LogP contribution is 2.29. The molecule has 2 N–H and O–H groups in total. The Morgan fingerprint density at radius 3 is 2.45 bits per heavy atom. The molecule has 0 aliphatic rings. The van der Waals surface area contributed by atoms with E-state index in [-0.39, 0.29) is 11.4 Å². The fraction of sp³-hybridized carbons (Fsp3) is 0.200. The van der Waals surface area contributed by atoms with Crippen molar-refractivity contribution in [2.45, 2.75) is 20.4 Å². The minimum atomic E-state index is -0.507. The molecule has 0 heterocycles. The number of benzene rings is 2. The van der Waals surface area contributed by atoms with Crippen LogP contribution < -0.4 is 5.32 Å². The van der Waals surface area contributed by atoms with E-state index in [1.165, 1.54) is 12.1 Å². The molecule has 104 valence electrons. The van der Waals surface area contributed by atoms with Gasteiger partial charge in [0.05, 0.1) is 11.0 Å². The second-order valence-corrected chi connectivity index (χ2v) is 4.68. The molecule has 0 aliphatic heterocycles. The summed E-state index contributed by atoms with van der Waals surface area (Å²) in [5.41, 5.74) is 3.67. The van der Waals surface area contributed by atoms with Crippen LogP contribution in [0.2, 0.25) is 0 Å². The molecule has 0 amide bonds. The molecule has 0 saturated carbocycles. The zero-order chi connectivity index (χ0) is 14.7. The van der Waals surface area contributed by atoms with Crippen LogP contribution in [0.4, 0.5) is 11.4 Å². The Balaban J connectivity index is 2.25. The second-order valence-electron chi connectivity index (χ2n) is 4.68. The Labute approximate surface area is 117 Å². The highest BCUT2D eigenvalue weighted by Gasteiger charge is 2.14. The predicted molar refractivity (Wildman–Crippen MR) is 78.0 cm³/mol. The number of hydrogen-bond acceptors (Lipinski definition) is 4. The minimum absolute atomic E-state index is 0.116. The Bertz CT molecular complexity index is 633. The normalized spacial score (nSPS) is 10.3. The molecule has 5 heteroatoms. The molecule has 2 aromatic carbocycles. The van der Waals surface area contributed by atoms with Crippen molar-refractivity contribution in [3.8, 4) is 5.75 Å². The second kappa shape index (κ2) is 5.61. The molecule has 0 radical (unpaired) electrons. The number of aromatic hydroxyl groups is 1. The van der Waals surface area contributed by atoms with Gasteiger partial charge in [-0.05, 0) is 42.7 Å². The molecule has 0 saturated heterocycles. The maximum Gasteiger partial charge on any atom is 0.296 e. The monoisotopic (exact) mass is 272 g/mol. The first kappa shape index (κ1) is 13.9. The largest absolute Gasteiger partial charge is 0.508 e. The third kappa shape index (κ3) is 2.88. The minimum Gasteiger partial charge on any atom is -0.508 e. The van der Waals surface area contributed by atoms with Gasteiger partial charge in [-0.15, -0.1) is 0 Å². The number of anilines is 1. The molecule has 2 rings (SSSR count). The fourth-order valence-corrected chi connectivity index (χ4v) is 2.13. The van der Waals surface area contributed by atoms with Gasteiger partial charge in [-0.3, -0.25) is 10.1 Å². The van der Waals surface area contributed by atoms with Crippen LogP contribution in [0.15, 0.2) is 36.4 Å². The zero-order valence-corrected chi connectivity index (χ0v) is 11.4. The van der Waals surface area contributed by atoms with Gasteiger partial charge in [-0.1, -0.05) is 18.2 Å². The first-order valence-corrected chi connectivity index (χ1v) is 6.25. The lowest BCUT2D eigenvalue weighted by molar-refractivity contribution is -0.384. The summed E-state index contributed by atoms with van der Waals surface area (Å²) >= 11 is 0. The fourth-order valence-electron chi connectivity index (χ4n) is 2.13. The Hall–Kier alpha value is -2.56. The van der Waals surface area contributed by atoms with Gasteiger partial charge in [0.25, 0.3) is 5.69 Å². The van der Waals surface area contributed by atoms with E-state index in [4.69, 9.17) is 0 Å². The number of hydrogen-bond donors (Lipinski definition) is 2.